The second-order valence-corrected chi connectivity index (χ2v) is 5.69. The normalized spacial score (nSPS) is 15.8. The Morgan fingerprint density at radius 1 is 1.22 bits per heavy atom. The van der Waals surface area contributed by atoms with Crippen LogP contribution in [0.3, 0.4) is 0 Å². The molecular formula is C17H29IN4O. The van der Waals surface area contributed by atoms with Crippen molar-refractivity contribution in [3.8, 4) is 5.75 Å². The smallest absolute Gasteiger partial charge is 0.191 e. The highest BCUT2D eigenvalue weighted by molar-refractivity contribution is 14.0. The van der Waals surface area contributed by atoms with Crippen LogP contribution in [-0.2, 0) is 6.54 Å². The lowest BCUT2D eigenvalue weighted by molar-refractivity contribution is 0.232. The Balaban J connectivity index is 0.00000264. The van der Waals surface area contributed by atoms with Gasteiger partial charge in [-0.25, -0.2) is 4.99 Å². The van der Waals surface area contributed by atoms with E-state index < -0.39 is 0 Å². The molecule has 23 heavy (non-hydrogen) atoms. The molecule has 0 saturated carbocycles. The molecule has 0 spiro atoms. The number of hydrogen-bond donors (Lipinski definition) is 3. The first kappa shape index (κ1) is 20.0. The van der Waals surface area contributed by atoms with Gasteiger partial charge in [-0.15, -0.1) is 24.0 Å². The molecular weight excluding hydrogens is 403 g/mol. The summed E-state index contributed by atoms with van der Waals surface area (Å²) in [6.45, 7) is 7.89. The predicted molar refractivity (Wildman–Crippen MR) is 107 cm³/mol. The first-order valence-corrected chi connectivity index (χ1v) is 8.30. The van der Waals surface area contributed by atoms with Crippen LogP contribution in [0.15, 0.2) is 29.3 Å². The highest BCUT2D eigenvalue weighted by atomic mass is 127. The third kappa shape index (κ3) is 7.87. The Labute approximate surface area is 156 Å². The van der Waals surface area contributed by atoms with Gasteiger partial charge in [-0.2, -0.15) is 0 Å². The molecule has 130 valence electrons. The maximum Gasteiger partial charge on any atom is 0.191 e. The van der Waals surface area contributed by atoms with E-state index in [0.717, 1.165) is 31.2 Å². The first-order valence-electron chi connectivity index (χ1n) is 8.30. The van der Waals surface area contributed by atoms with Crippen LogP contribution < -0.4 is 10.6 Å². The maximum atomic E-state index is 9.48. The number of rotatable bonds is 6. The zero-order valence-corrected chi connectivity index (χ0v) is 16.3. The number of nitrogens with one attached hydrogen (secondary N) is 2. The van der Waals surface area contributed by atoms with E-state index in [4.69, 9.17) is 0 Å². The van der Waals surface area contributed by atoms with E-state index in [-0.39, 0.29) is 29.7 Å². The zero-order valence-electron chi connectivity index (χ0n) is 13.9. The number of phenols is 1. The number of phenolic OH excluding ortho intramolecular Hbond substituents is 1. The zero-order chi connectivity index (χ0) is 15.6. The van der Waals surface area contributed by atoms with Crippen molar-refractivity contribution in [2.24, 2.45) is 4.99 Å². The molecule has 0 aromatic heterocycles. The molecule has 6 heteroatoms. The number of aromatic hydroxyl groups is 1. The van der Waals surface area contributed by atoms with E-state index in [1.165, 1.54) is 32.4 Å². The minimum atomic E-state index is 0. The van der Waals surface area contributed by atoms with E-state index >= 15 is 0 Å². The van der Waals surface area contributed by atoms with Crippen LogP contribution in [0.25, 0.3) is 0 Å². The van der Waals surface area contributed by atoms with E-state index in [2.05, 4.69) is 27.4 Å². The molecule has 1 heterocycles. The summed E-state index contributed by atoms with van der Waals surface area (Å²) in [5.74, 6) is 1.12. The van der Waals surface area contributed by atoms with Crippen LogP contribution in [0.1, 0.15) is 31.7 Å². The van der Waals surface area contributed by atoms with Gasteiger partial charge < -0.3 is 20.6 Å². The molecule has 0 unspecified atom stereocenters. The molecule has 1 aliphatic heterocycles. The van der Waals surface area contributed by atoms with Crippen LogP contribution in [0.4, 0.5) is 0 Å². The van der Waals surface area contributed by atoms with Crippen LogP contribution in [0.2, 0.25) is 0 Å². The van der Waals surface area contributed by atoms with Crippen LogP contribution >= 0.6 is 24.0 Å². The highest BCUT2D eigenvalue weighted by Crippen LogP contribution is 2.11. The molecule has 0 aliphatic carbocycles. The lowest BCUT2D eigenvalue weighted by atomic mass is 10.1. The van der Waals surface area contributed by atoms with Crippen LogP contribution in [0, 0.1) is 0 Å². The lowest BCUT2D eigenvalue weighted by Gasteiger charge is -2.26. The second-order valence-electron chi connectivity index (χ2n) is 5.69. The maximum absolute atomic E-state index is 9.48. The summed E-state index contributed by atoms with van der Waals surface area (Å²) in [4.78, 5) is 7.08. The van der Waals surface area contributed by atoms with Crippen molar-refractivity contribution in [2.45, 2.75) is 32.7 Å². The van der Waals surface area contributed by atoms with E-state index in [1.54, 1.807) is 12.1 Å². The molecule has 1 aliphatic rings. The Bertz CT molecular complexity index is 475. The van der Waals surface area contributed by atoms with Gasteiger partial charge in [-0.3, -0.25) is 0 Å². The fourth-order valence-corrected chi connectivity index (χ4v) is 2.68. The van der Waals surface area contributed by atoms with Gasteiger partial charge in [0.15, 0.2) is 5.96 Å². The van der Waals surface area contributed by atoms with Gasteiger partial charge in [-0.05, 0) is 50.6 Å². The molecule has 0 amide bonds. The fourth-order valence-electron chi connectivity index (χ4n) is 2.68. The highest BCUT2D eigenvalue weighted by Gasteiger charge is 2.09. The van der Waals surface area contributed by atoms with E-state index in [1.807, 2.05) is 12.1 Å². The average Bonchev–Trinajstić information content (AvgIpc) is 2.54. The largest absolute Gasteiger partial charge is 0.508 e. The Morgan fingerprint density at radius 2 is 2.00 bits per heavy atom. The summed E-state index contributed by atoms with van der Waals surface area (Å²) >= 11 is 0. The summed E-state index contributed by atoms with van der Waals surface area (Å²) in [5, 5.41) is 16.1. The summed E-state index contributed by atoms with van der Waals surface area (Å²) in [5.41, 5.74) is 1.01. The van der Waals surface area contributed by atoms with Gasteiger partial charge in [0, 0.05) is 19.6 Å². The molecule has 0 radical (unpaired) electrons. The van der Waals surface area contributed by atoms with Crippen molar-refractivity contribution in [1.82, 2.24) is 15.5 Å². The number of nitrogens with zero attached hydrogens (tertiary/aromatic N) is 2. The van der Waals surface area contributed by atoms with Gasteiger partial charge in [0.05, 0.1) is 6.54 Å². The number of guanidine groups is 1. The quantitative estimate of drug-likeness (QED) is 0.368. The summed E-state index contributed by atoms with van der Waals surface area (Å²) in [7, 11) is 0. The molecule has 2 rings (SSSR count). The first-order chi connectivity index (χ1) is 10.8. The number of piperidine rings is 1. The molecule has 0 bridgehead atoms. The van der Waals surface area contributed by atoms with Crippen molar-refractivity contribution >= 4 is 29.9 Å². The third-order valence-electron chi connectivity index (χ3n) is 3.84. The monoisotopic (exact) mass is 432 g/mol. The van der Waals surface area contributed by atoms with E-state index in [0.29, 0.717) is 6.54 Å². The minimum absolute atomic E-state index is 0. The minimum Gasteiger partial charge on any atom is -0.508 e. The second kappa shape index (κ2) is 11.5. The lowest BCUT2D eigenvalue weighted by Crippen LogP contribution is -2.42. The number of aliphatic imine (C=N–C) groups is 1. The molecule has 5 nitrogen and oxygen atoms in total. The molecule has 1 saturated heterocycles. The average molecular weight is 432 g/mol. The number of halogens is 1. The van der Waals surface area contributed by atoms with E-state index in [9.17, 15) is 5.11 Å². The van der Waals surface area contributed by atoms with Gasteiger partial charge in [0.25, 0.3) is 0 Å². The van der Waals surface area contributed by atoms with Crippen LogP contribution in [0.5, 0.6) is 5.75 Å². The molecule has 0 atom stereocenters. The molecule has 1 fully saturated rings. The number of benzene rings is 1. The van der Waals surface area contributed by atoms with Gasteiger partial charge >= 0.3 is 0 Å². The SMILES string of the molecule is CCNC(=NCc1cccc(O)c1)NCCN1CCCCC1.I. The van der Waals surface area contributed by atoms with Gasteiger partial charge in [-0.1, -0.05) is 18.6 Å². The Morgan fingerprint density at radius 3 is 2.70 bits per heavy atom. The van der Waals surface area contributed by atoms with Crippen LogP contribution in [-0.4, -0.2) is 48.7 Å². The van der Waals surface area contributed by atoms with Crippen molar-refractivity contribution < 1.29 is 5.11 Å². The van der Waals surface area contributed by atoms with Gasteiger partial charge in [0.2, 0.25) is 0 Å². The van der Waals surface area contributed by atoms with Crippen molar-refractivity contribution in [3.63, 3.8) is 0 Å². The Kier molecular flexibility index (Phi) is 10.0. The molecule has 1 aromatic rings. The summed E-state index contributed by atoms with van der Waals surface area (Å²) in [6, 6.07) is 7.24. The van der Waals surface area contributed by atoms with Crippen molar-refractivity contribution in [2.75, 3.05) is 32.7 Å². The number of hydrogen-bond acceptors (Lipinski definition) is 3. The van der Waals surface area contributed by atoms with Gasteiger partial charge in [0.1, 0.15) is 5.75 Å². The van der Waals surface area contributed by atoms with Crippen molar-refractivity contribution in [3.05, 3.63) is 29.8 Å². The molecule has 3 N–H and O–H groups in total. The standard InChI is InChI=1S/C17H28N4O.HI/c1-2-18-17(19-9-12-21-10-4-3-5-11-21)20-14-15-7-6-8-16(22)13-15;/h6-8,13,22H,2-5,9-12,14H2,1H3,(H2,18,19,20);1H. The Hall–Kier alpha value is -1.02. The van der Waals surface area contributed by atoms with Crippen molar-refractivity contribution in [1.29, 1.82) is 0 Å². The topological polar surface area (TPSA) is 59.9 Å². The predicted octanol–water partition coefficient (Wildman–Crippen LogP) is 2.55. The fraction of sp³-hybridized carbons (Fsp3) is 0.588. The summed E-state index contributed by atoms with van der Waals surface area (Å²) in [6.07, 6.45) is 4.02. The molecule has 1 aromatic carbocycles. The number of likely N-dealkylation sites (tertiary alicyclic amines) is 1. The third-order valence-corrected chi connectivity index (χ3v) is 3.84. The summed E-state index contributed by atoms with van der Waals surface area (Å²) < 4.78 is 0.